The third-order valence-electron chi connectivity index (χ3n) is 2.50. The van der Waals surface area contributed by atoms with Gasteiger partial charge >= 0.3 is 0 Å². The molecule has 4 heteroatoms. The molecule has 2 rings (SSSR count). The molecule has 0 spiro atoms. The second-order valence-corrected chi connectivity index (χ2v) is 4.16. The Bertz CT molecular complexity index is 481. The zero-order chi connectivity index (χ0) is 11.5. The highest BCUT2D eigenvalue weighted by atomic mass is 35.5. The van der Waals surface area contributed by atoms with Crippen molar-refractivity contribution in [2.75, 3.05) is 13.7 Å². The van der Waals surface area contributed by atoms with Gasteiger partial charge < -0.3 is 14.9 Å². The molecule has 3 nitrogen and oxygen atoms in total. The predicted molar refractivity (Wildman–Crippen MR) is 64.6 cm³/mol. The number of ether oxygens (including phenoxy) is 1. The molecular weight excluding hydrogens is 226 g/mol. The van der Waals surface area contributed by atoms with E-state index in [1.807, 2.05) is 18.2 Å². The molecule has 1 atom stereocenters. The summed E-state index contributed by atoms with van der Waals surface area (Å²) in [7, 11) is 1.66. The molecule has 0 aliphatic carbocycles. The monoisotopic (exact) mass is 239 g/mol. The van der Waals surface area contributed by atoms with Gasteiger partial charge in [0.15, 0.2) is 0 Å². The zero-order valence-corrected chi connectivity index (χ0v) is 9.83. The third-order valence-corrected chi connectivity index (χ3v) is 2.73. The van der Waals surface area contributed by atoms with Gasteiger partial charge in [0, 0.05) is 24.1 Å². The minimum absolute atomic E-state index is 0.133. The molecule has 0 bridgehead atoms. The summed E-state index contributed by atoms with van der Waals surface area (Å²) in [6, 6.07) is 7.32. The minimum Gasteiger partial charge on any atom is -0.459 e. The van der Waals surface area contributed by atoms with Crippen LogP contribution in [-0.4, -0.2) is 13.7 Å². The number of halogens is 1. The van der Waals surface area contributed by atoms with Crippen molar-refractivity contribution in [2.24, 2.45) is 5.73 Å². The van der Waals surface area contributed by atoms with Crippen molar-refractivity contribution in [3.05, 3.63) is 35.0 Å². The maximum absolute atomic E-state index is 5.98. The highest BCUT2D eigenvalue weighted by Gasteiger charge is 2.11. The van der Waals surface area contributed by atoms with Crippen LogP contribution in [-0.2, 0) is 4.74 Å². The number of rotatable bonds is 4. The molecule has 0 saturated heterocycles. The molecule has 0 aliphatic rings. The van der Waals surface area contributed by atoms with E-state index in [2.05, 4.69) is 0 Å². The third kappa shape index (κ3) is 2.38. The topological polar surface area (TPSA) is 48.4 Å². The van der Waals surface area contributed by atoms with Gasteiger partial charge in [0.05, 0.1) is 6.04 Å². The van der Waals surface area contributed by atoms with Crippen LogP contribution in [0, 0.1) is 0 Å². The maximum Gasteiger partial charge on any atom is 0.134 e. The van der Waals surface area contributed by atoms with E-state index in [-0.39, 0.29) is 6.04 Å². The number of benzene rings is 1. The summed E-state index contributed by atoms with van der Waals surface area (Å²) in [5, 5.41) is 1.68. The van der Waals surface area contributed by atoms with Crippen LogP contribution in [0.4, 0.5) is 0 Å². The van der Waals surface area contributed by atoms with Crippen molar-refractivity contribution < 1.29 is 9.15 Å². The van der Waals surface area contributed by atoms with Gasteiger partial charge in [-0.2, -0.15) is 0 Å². The zero-order valence-electron chi connectivity index (χ0n) is 9.07. The van der Waals surface area contributed by atoms with Crippen LogP contribution in [0.2, 0.25) is 5.02 Å². The number of fused-ring (bicyclic) bond motifs is 1. The lowest BCUT2D eigenvalue weighted by atomic mass is 10.1. The maximum atomic E-state index is 5.98. The van der Waals surface area contributed by atoms with E-state index < -0.39 is 0 Å². The average molecular weight is 240 g/mol. The van der Waals surface area contributed by atoms with E-state index in [1.54, 1.807) is 13.2 Å². The molecule has 2 aromatic rings. The lowest BCUT2D eigenvalue weighted by molar-refractivity contribution is 0.185. The molecular formula is C12H14ClNO2. The number of furan rings is 1. The SMILES string of the molecule is COCCC(N)c1cc2cc(Cl)ccc2o1. The number of nitrogens with two attached hydrogens (primary N) is 1. The molecule has 86 valence electrons. The fourth-order valence-corrected chi connectivity index (χ4v) is 1.79. The molecule has 1 heterocycles. The predicted octanol–water partition coefficient (Wildman–Crippen LogP) is 3.12. The first-order valence-electron chi connectivity index (χ1n) is 5.14. The lowest BCUT2D eigenvalue weighted by Crippen LogP contribution is -2.11. The summed E-state index contributed by atoms with van der Waals surface area (Å²) >= 11 is 5.90. The smallest absolute Gasteiger partial charge is 0.134 e. The van der Waals surface area contributed by atoms with E-state index >= 15 is 0 Å². The Kier molecular flexibility index (Phi) is 3.49. The van der Waals surface area contributed by atoms with Crippen LogP contribution in [0.25, 0.3) is 11.0 Å². The summed E-state index contributed by atoms with van der Waals surface area (Å²) < 4.78 is 10.6. The molecule has 0 amide bonds. The van der Waals surface area contributed by atoms with Crippen LogP contribution in [0.15, 0.2) is 28.7 Å². The van der Waals surface area contributed by atoms with E-state index in [0.717, 1.165) is 23.2 Å². The highest BCUT2D eigenvalue weighted by molar-refractivity contribution is 6.31. The van der Waals surface area contributed by atoms with Crippen LogP contribution in [0.5, 0.6) is 0 Å². The standard InChI is InChI=1S/C12H14ClNO2/c1-15-5-4-10(14)12-7-8-6-9(13)2-3-11(8)16-12/h2-3,6-7,10H,4-5,14H2,1H3. The molecule has 0 fully saturated rings. The van der Waals surface area contributed by atoms with Gasteiger partial charge in [-0.25, -0.2) is 0 Å². The number of methoxy groups -OCH3 is 1. The summed E-state index contributed by atoms with van der Waals surface area (Å²) in [6.45, 7) is 0.624. The van der Waals surface area contributed by atoms with Crippen molar-refractivity contribution in [1.82, 2.24) is 0 Å². The fraction of sp³-hybridized carbons (Fsp3) is 0.333. The van der Waals surface area contributed by atoms with Crippen LogP contribution < -0.4 is 5.73 Å². The van der Waals surface area contributed by atoms with Crippen molar-refractivity contribution in [3.8, 4) is 0 Å². The Balaban J connectivity index is 2.25. The quantitative estimate of drug-likeness (QED) is 0.892. The van der Waals surface area contributed by atoms with Gasteiger partial charge in [0.25, 0.3) is 0 Å². The summed E-state index contributed by atoms with van der Waals surface area (Å²) in [4.78, 5) is 0. The van der Waals surface area contributed by atoms with Gasteiger partial charge in [-0.05, 0) is 30.7 Å². The van der Waals surface area contributed by atoms with Crippen LogP contribution in [0.3, 0.4) is 0 Å². The van der Waals surface area contributed by atoms with E-state index in [0.29, 0.717) is 11.6 Å². The Morgan fingerprint density at radius 1 is 1.44 bits per heavy atom. The minimum atomic E-state index is -0.133. The Morgan fingerprint density at radius 2 is 2.25 bits per heavy atom. The number of hydrogen-bond donors (Lipinski definition) is 1. The summed E-state index contributed by atoms with van der Waals surface area (Å²) in [5.41, 5.74) is 6.79. The summed E-state index contributed by atoms with van der Waals surface area (Å²) in [6.07, 6.45) is 0.740. The Hall–Kier alpha value is -1.03. The van der Waals surface area contributed by atoms with Gasteiger partial charge in [-0.1, -0.05) is 11.6 Å². The highest BCUT2D eigenvalue weighted by Crippen LogP contribution is 2.26. The van der Waals surface area contributed by atoms with Gasteiger partial charge in [-0.15, -0.1) is 0 Å². The van der Waals surface area contributed by atoms with Crippen LogP contribution >= 0.6 is 11.6 Å². The average Bonchev–Trinajstić information content (AvgIpc) is 2.68. The first kappa shape index (κ1) is 11.5. The van der Waals surface area contributed by atoms with Gasteiger partial charge in [-0.3, -0.25) is 0 Å². The van der Waals surface area contributed by atoms with E-state index in [9.17, 15) is 0 Å². The molecule has 1 aromatic carbocycles. The van der Waals surface area contributed by atoms with E-state index in [4.69, 9.17) is 26.5 Å². The molecule has 1 aromatic heterocycles. The molecule has 0 saturated carbocycles. The first-order chi connectivity index (χ1) is 7.70. The van der Waals surface area contributed by atoms with Crippen molar-refractivity contribution in [3.63, 3.8) is 0 Å². The van der Waals surface area contributed by atoms with E-state index in [1.165, 1.54) is 0 Å². The first-order valence-corrected chi connectivity index (χ1v) is 5.52. The number of hydrogen-bond acceptors (Lipinski definition) is 3. The Morgan fingerprint density at radius 3 is 3.00 bits per heavy atom. The van der Waals surface area contributed by atoms with Crippen molar-refractivity contribution in [2.45, 2.75) is 12.5 Å². The normalized spacial score (nSPS) is 13.2. The molecule has 0 radical (unpaired) electrons. The van der Waals surface area contributed by atoms with Gasteiger partial charge in [0.2, 0.25) is 0 Å². The lowest BCUT2D eigenvalue weighted by Gasteiger charge is -2.06. The molecule has 0 aliphatic heterocycles. The second kappa shape index (κ2) is 4.87. The largest absolute Gasteiger partial charge is 0.459 e. The van der Waals surface area contributed by atoms with Crippen molar-refractivity contribution in [1.29, 1.82) is 0 Å². The van der Waals surface area contributed by atoms with Crippen LogP contribution in [0.1, 0.15) is 18.2 Å². The molecule has 16 heavy (non-hydrogen) atoms. The van der Waals surface area contributed by atoms with Crippen molar-refractivity contribution >= 4 is 22.6 Å². The fourth-order valence-electron chi connectivity index (χ4n) is 1.60. The molecule has 2 N–H and O–H groups in total. The molecule has 1 unspecified atom stereocenters. The Labute approximate surface area is 99.1 Å². The summed E-state index contributed by atoms with van der Waals surface area (Å²) in [5.74, 6) is 0.773. The second-order valence-electron chi connectivity index (χ2n) is 3.72. The van der Waals surface area contributed by atoms with Gasteiger partial charge in [0.1, 0.15) is 11.3 Å².